The van der Waals surface area contributed by atoms with Crippen LogP contribution in [0, 0.1) is 12.7 Å². The van der Waals surface area contributed by atoms with E-state index in [1.54, 1.807) is 6.07 Å². The zero-order chi connectivity index (χ0) is 13.7. The Kier molecular flexibility index (Phi) is 5.15. The highest BCUT2D eigenvalue weighted by molar-refractivity contribution is 7.80. The number of benzene rings is 1. The van der Waals surface area contributed by atoms with Gasteiger partial charge in [0.1, 0.15) is 11.9 Å². The highest BCUT2D eigenvalue weighted by atomic mass is 32.1. The summed E-state index contributed by atoms with van der Waals surface area (Å²) < 4.78 is 13.7. The second kappa shape index (κ2) is 6.39. The van der Waals surface area contributed by atoms with Crippen LogP contribution in [0.15, 0.2) is 18.2 Å². The van der Waals surface area contributed by atoms with Gasteiger partial charge in [0.2, 0.25) is 0 Å². The van der Waals surface area contributed by atoms with Crippen LogP contribution in [-0.4, -0.2) is 28.8 Å². The van der Waals surface area contributed by atoms with Gasteiger partial charge in [-0.1, -0.05) is 12.1 Å². The molecule has 0 spiro atoms. The van der Waals surface area contributed by atoms with Crippen molar-refractivity contribution in [2.75, 3.05) is 5.75 Å². The third-order valence-corrected chi connectivity index (χ3v) is 2.72. The van der Waals surface area contributed by atoms with Crippen LogP contribution < -0.4 is 5.32 Å². The number of carbonyl (C=O) groups excluding carboxylic acids is 1. The molecule has 2 N–H and O–H groups in total. The van der Waals surface area contributed by atoms with E-state index in [0.717, 1.165) is 0 Å². The van der Waals surface area contributed by atoms with Crippen molar-refractivity contribution in [3.8, 4) is 0 Å². The number of carbonyl (C=O) groups is 2. The molecule has 4 nitrogen and oxygen atoms in total. The van der Waals surface area contributed by atoms with E-state index in [2.05, 4.69) is 17.9 Å². The van der Waals surface area contributed by atoms with E-state index >= 15 is 0 Å². The van der Waals surface area contributed by atoms with Crippen molar-refractivity contribution in [3.63, 3.8) is 0 Å². The summed E-state index contributed by atoms with van der Waals surface area (Å²) in [5, 5.41) is 11.2. The zero-order valence-electron chi connectivity index (χ0n) is 9.81. The Morgan fingerprint density at radius 1 is 1.50 bits per heavy atom. The lowest BCUT2D eigenvalue weighted by molar-refractivity contribution is -0.139. The summed E-state index contributed by atoms with van der Waals surface area (Å²) in [4.78, 5) is 22.6. The van der Waals surface area contributed by atoms with E-state index in [0.29, 0.717) is 11.3 Å². The van der Waals surface area contributed by atoms with Crippen molar-refractivity contribution in [2.24, 2.45) is 0 Å². The van der Waals surface area contributed by atoms with Gasteiger partial charge in [0.05, 0.1) is 5.56 Å². The molecule has 0 radical (unpaired) electrons. The summed E-state index contributed by atoms with van der Waals surface area (Å²) in [6.07, 6.45) is 0.178. The van der Waals surface area contributed by atoms with Crippen molar-refractivity contribution >= 4 is 24.5 Å². The minimum atomic E-state index is -1.16. The van der Waals surface area contributed by atoms with E-state index in [-0.39, 0.29) is 12.0 Å². The third-order valence-electron chi connectivity index (χ3n) is 2.46. The lowest BCUT2D eigenvalue weighted by Gasteiger charge is -2.14. The largest absolute Gasteiger partial charge is 0.480 e. The fourth-order valence-corrected chi connectivity index (χ4v) is 1.70. The molecule has 0 saturated heterocycles. The number of carboxylic acid groups (broad SMARTS) is 1. The van der Waals surface area contributed by atoms with Gasteiger partial charge >= 0.3 is 5.97 Å². The predicted molar refractivity (Wildman–Crippen MR) is 68.5 cm³/mol. The van der Waals surface area contributed by atoms with Crippen molar-refractivity contribution in [2.45, 2.75) is 19.4 Å². The van der Waals surface area contributed by atoms with E-state index in [1.807, 2.05) is 0 Å². The number of nitrogens with one attached hydrogen (secondary N) is 1. The Morgan fingerprint density at radius 3 is 2.72 bits per heavy atom. The van der Waals surface area contributed by atoms with Crippen LogP contribution in [0.5, 0.6) is 0 Å². The molecule has 6 heteroatoms. The van der Waals surface area contributed by atoms with Gasteiger partial charge in [-0.2, -0.15) is 12.6 Å². The first-order valence-electron chi connectivity index (χ1n) is 5.37. The monoisotopic (exact) mass is 271 g/mol. The first-order valence-corrected chi connectivity index (χ1v) is 6.00. The molecule has 0 fully saturated rings. The number of amides is 1. The van der Waals surface area contributed by atoms with Gasteiger partial charge in [-0.3, -0.25) is 4.79 Å². The molecule has 1 aromatic rings. The average Bonchev–Trinajstić information content (AvgIpc) is 2.31. The smallest absolute Gasteiger partial charge is 0.326 e. The van der Waals surface area contributed by atoms with Crippen LogP contribution in [-0.2, 0) is 4.79 Å². The molecule has 0 aliphatic rings. The molecule has 0 saturated carbocycles. The third kappa shape index (κ3) is 3.46. The Morgan fingerprint density at radius 2 is 2.17 bits per heavy atom. The molecule has 1 rings (SSSR count). The van der Waals surface area contributed by atoms with Gasteiger partial charge in [0.15, 0.2) is 0 Å². The van der Waals surface area contributed by atoms with Crippen LogP contribution >= 0.6 is 12.6 Å². The SMILES string of the molecule is Cc1cccc(C(=O)NC(CCS)C(=O)O)c1F. The lowest BCUT2D eigenvalue weighted by Crippen LogP contribution is -2.41. The maximum absolute atomic E-state index is 13.7. The minimum Gasteiger partial charge on any atom is -0.480 e. The quantitative estimate of drug-likeness (QED) is 0.713. The molecule has 0 aromatic heterocycles. The van der Waals surface area contributed by atoms with Crippen molar-refractivity contribution in [3.05, 3.63) is 35.1 Å². The van der Waals surface area contributed by atoms with Gasteiger partial charge < -0.3 is 10.4 Å². The molecule has 1 unspecified atom stereocenters. The number of hydrogen-bond donors (Lipinski definition) is 3. The van der Waals surface area contributed by atoms with E-state index in [1.165, 1.54) is 19.1 Å². The van der Waals surface area contributed by atoms with Crippen LogP contribution in [0.4, 0.5) is 4.39 Å². The first-order chi connectivity index (χ1) is 8.47. The van der Waals surface area contributed by atoms with Crippen molar-refractivity contribution < 1.29 is 19.1 Å². The van der Waals surface area contributed by atoms with Crippen molar-refractivity contribution in [1.29, 1.82) is 0 Å². The standard InChI is InChI=1S/C12H14FNO3S/c1-7-3-2-4-8(10(7)13)11(15)14-9(5-6-18)12(16)17/h2-4,9,18H,5-6H2,1H3,(H,14,15)(H,16,17). The Balaban J connectivity index is 2.87. The molecule has 98 valence electrons. The average molecular weight is 271 g/mol. The molecule has 0 bridgehead atoms. The fraction of sp³-hybridized carbons (Fsp3) is 0.333. The number of thiol groups is 1. The number of halogens is 1. The van der Waals surface area contributed by atoms with Crippen LogP contribution in [0.3, 0.4) is 0 Å². The van der Waals surface area contributed by atoms with E-state index in [9.17, 15) is 14.0 Å². The van der Waals surface area contributed by atoms with Crippen LogP contribution in [0.25, 0.3) is 0 Å². The zero-order valence-corrected chi connectivity index (χ0v) is 10.7. The van der Waals surface area contributed by atoms with Gasteiger partial charge in [-0.15, -0.1) is 0 Å². The molecule has 0 aliphatic heterocycles. The molecule has 0 aliphatic carbocycles. The second-order valence-corrected chi connectivity index (χ2v) is 4.26. The molecular weight excluding hydrogens is 257 g/mol. The van der Waals surface area contributed by atoms with Crippen LogP contribution in [0.2, 0.25) is 0 Å². The number of aryl methyl sites for hydroxylation is 1. The fourth-order valence-electron chi connectivity index (χ4n) is 1.45. The number of carboxylic acids is 1. The molecule has 1 atom stereocenters. The summed E-state index contributed by atoms with van der Waals surface area (Å²) in [6, 6.07) is 3.34. The minimum absolute atomic E-state index is 0.152. The Bertz CT molecular complexity index is 465. The number of hydrogen-bond acceptors (Lipinski definition) is 3. The predicted octanol–water partition coefficient (Wildman–Crippen LogP) is 1.64. The van der Waals surface area contributed by atoms with E-state index < -0.39 is 23.7 Å². The Labute approximate surface area is 110 Å². The van der Waals surface area contributed by atoms with Gasteiger partial charge in [-0.05, 0) is 30.7 Å². The molecule has 1 aromatic carbocycles. The maximum Gasteiger partial charge on any atom is 0.326 e. The number of rotatable bonds is 5. The normalized spacial score (nSPS) is 11.9. The highest BCUT2D eigenvalue weighted by Gasteiger charge is 2.21. The molecule has 1 amide bonds. The number of aliphatic carboxylic acids is 1. The Hall–Kier alpha value is -1.56. The summed E-state index contributed by atoms with van der Waals surface area (Å²) in [7, 11) is 0. The highest BCUT2D eigenvalue weighted by Crippen LogP contribution is 2.12. The lowest BCUT2D eigenvalue weighted by atomic mass is 10.1. The van der Waals surface area contributed by atoms with Crippen LogP contribution in [0.1, 0.15) is 22.3 Å². The molecule has 18 heavy (non-hydrogen) atoms. The summed E-state index contributed by atoms with van der Waals surface area (Å²) in [5.74, 6) is -2.21. The second-order valence-electron chi connectivity index (χ2n) is 3.81. The molecule has 0 heterocycles. The van der Waals surface area contributed by atoms with E-state index in [4.69, 9.17) is 5.11 Å². The van der Waals surface area contributed by atoms with Crippen molar-refractivity contribution in [1.82, 2.24) is 5.32 Å². The summed E-state index contributed by atoms with van der Waals surface area (Å²) in [6.45, 7) is 1.54. The van der Waals surface area contributed by atoms with Gasteiger partial charge in [-0.25, -0.2) is 9.18 Å². The summed E-state index contributed by atoms with van der Waals surface area (Å²) in [5.41, 5.74) is 0.184. The maximum atomic E-state index is 13.7. The van der Waals surface area contributed by atoms with Gasteiger partial charge in [0, 0.05) is 0 Å². The van der Waals surface area contributed by atoms with Gasteiger partial charge in [0.25, 0.3) is 5.91 Å². The summed E-state index contributed by atoms with van der Waals surface area (Å²) >= 11 is 3.91. The first kappa shape index (κ1) is 14.5. The molecular formula is C12H14FNO3S. The topological polar surface area (TPSA) is 66.4 Å².